The summed E-state index contributed by atoms with van der Waals surface area (Å²) in [6.45, 7) is 4.08. The summed E-state index contributed by atoms with van der Waals surface area (Å²) >= 11 is 0. The van der Waals surface area contributed by atoms with Crippen molar-refractivity contribution >= 4 is 18.0 Å². The molecule has 30 heavy (non-hydrogen) atoms. The summed E-state index contributed by atoms with van der Waals surface area (Å²) in [7, 11) is 1.52. The minimum atomic E-state index is -0.288. The van der Waals surface area contributed by atoms with E-state index in [2.05, 4.69) is 10.5 Å². The number of hydrogen-bond donors (Lipinski definition) is 1. The third kappa shape index (κ3) is 5.81. The number of rotatable bonds is 7. The first-order valence-corrected chi connectivity index (χ1v) is 9.63. The fraction of sp³-hybridized carbons (Fsp3) is 0.318. The van der Waals surface area contributed by atoms with Crippen molar-refractivity contribution in [3.8, 4) is 11.5 Å². The Bertz CT molecular complexity index is 923. The minimum Gasteiger partial charge on any atom is -0.493 e. The zero-order valence-corrected chi connectivity index (χ0v) is 17.1. The lowest BCUT2D eigenvalue weighted by atomic mass is 10.1. The Morgan fingerprint density at radius 1 is 1.17 bits per heavy atom. The van der Waals surface area contributed by atoms with Crippen LogP contribution in [0.2, 0.25) is 0 Å². The quantitative estimate of drug-likeness (QED) is 0.556. The van der Waals surface area contributed by atoms with Gasteiger partial charge in [0.2, 0.25) is 0 Å². The third-order valence-corrected chi connectivity index (χ3v) is 4.56. The summed E-state index contributed by atoms with van der Waals surface area (Å²) in [5, 5.41) is 3.99. The molecule has 1 saturated heterocycles. The number of nitrogens with one attached hydrogen (secondary N) is 1. The summed E-state index contributed by atoms with van der Waals surface area (Å²) in [6.07, 6.45) is 1.51. The van der Waals surface area contributed by atoms with E-state index in [0.29, 0.717) is 48.9 Å². The van der Waals surface area contributed by atoms with E-state index in [0.717, 1.165) is 5.56 Å². The van der Waals surface area contributed by atoms with Crippen LogP contribution in [-0.2, 0) is 9.53 Å². The number of morpholine rings is 1. The maximum Gasteiger partial charge on any atom is 0.271 e. The SMILES string of the molecule is COc1cc(/C=N/NC(=O)c2cccc(C)c2)ccc1OCC(=O)N1CCOCC1. The van der Waals surface area contributed by atoms with E-state index >= 15 is 0 Å². The van der Waals surface area contributed by atoms with Crippen LogP contribution >= 0.6 is 0 Å². The average Bonchev–Trinajstić information content (AvgIpc) is 2.78. The first-order chi connectivity index (χ1) is 14.6. The van der Waals surface area contributed by atoms with E-state index in [4.69, 9.17) is 14.2 Å². The van der Waals surface area contributed by atoms with Gasteiger partial charge in [-0.1, -0.05) is 17.7 Å². The number of hydrogen-bond acceptors (Lipinski definition) is 6. The highest BCUT2D eigenvalue weighted by molar-refractivity contribution is 5.95. The molecule has 1 aliphatic heterocycles. The average molecular weight is 411 g/mol. The Morgan fingerprint density at radius 3 is 2.70 bits per heavy atom. The second-order valence-corrected chi connectivity index (χ2v) is 6.76. The van der Waals surface area contributed by atoms with Crippen LogP contribution in [0, 0.1) is 6.92 Å². The molecule has 0 atom stereocenters. The lowest BCUT2D eigenvalue weighted by Gasteiger charge is -2.26. The molecular weight excluding hydrogens is 386 g/mol. The van der Waals surface area contributed by atoms with Crippen molar-refractivity contribution in [2.45, 2.75) is 6.92 Å². The largest absolute Gasteiger partial charge is 0.493 e. The van der Waals surface area contributed by atoms with Crippen molar-refractivity contribution in [1.82, 2.24) is 10.3 Å². The predicted molar refractivity (Wildman–Crippen MR) is 112 cm³/mol. The van der Waals surface area contributed by atoms with Crippen LogP contribution in [0.4, 0.5) is 0 Å². The van der Waals surface area contributed by atoms with Gasteiger partial charge in [-0.3, -0.25) is 9.59 Å². The highest BCUT2D eigenvalue weighted by Gasteiger charge is 2.18. The standard InChI is InChI=1S/C22H25N3O5/c1-16-4-3-5-18(12-16)22(27)24-23-14-17-6-7-19(20(13-17)28-2)30-15-21(26)25-8-10-29-11-9-25/h3-7,12-14H,8-11,15H2,1-2H3,(H,24,27)/b23-14+. The fourth-order valence-corrected chi connectivity index (χ4v) is 2.94. The summed E-state index contributed by atoms with van der Waals surface area (Å²) < 4.78 is 16.2. The maximum absolute atomic E-state index is 12.2. The Morgan fingerprint density at radius 2 is 1.97 bits per heavy atom. The molecule has 0 aliphatic carbocycles. The van der Waals surface area contributed by atoms with Gasteiger partial charge in [0, 0.05) is 18.7 Å². The van der Waals surface area contributed by atoms with Gasteiger partial charge in [-0.2, -0.15) is 5.10 Å². The molecule has 1 fully saturated rings. The van der Waals surface area contributed by atoms with Gasteiger partial charge < -0.3 is 19.1 Å². The van der Waals surface area contributed by atoms with Crippen molar-refractivity contribution in [3.05, 3.63) is 59.2 Å². The van der Waals surface area contributed by atoms with E-state index in [1.54, 1.807) is 35.2 Å². The Hall–Kier alpha value is -3.39. The zero-order valence-electron chi connectivity index (χ0n) is 17.1. The molecule has 0 spiro atoms. The van der Waals surface area contributed by atoms with Crippen molar-refractivity contribution in [2.24, 2.45) is 5.10 Å². The highest BCUT2D eigenvalue weighted by Crippen LogP contribution is 2.27. The number of amides is 2. The van der Waals surface area contributed by atoms with E-state index in [1.165, 1.54) is 13.3 Å². The van der Waals surface area contributed by atoms with Gasteiger partial charge in [0.05, 0.1) is 26.5 Å². The second-order valence-electron chi connectivity index (χ2n) is 6.76. The van der Waals surface area contributed by atoms with Gasteiger partial charge in [-0.25, -0.2) is 5.43 Å². The molecule has 1 N–H and O–H groups in total. The molecule has 8 nitrogen and oxygen atoms in total. The lowest BCUT2D eigenvalue weighted by Crippen LogP contribution is -2.43. The Kier molecular flexibility index (Phi) is 7.40. The molecule has 0 aromatic heterocycles. The van der Waals surface area contributed by atoms with Gasteiger partial charge in [0.15, 0.2) is 18.1 Å². The first-order valence-electron chi connectivity index (χ1n) is 9.63. The number of carbonyl (C=O) groups is 2. The van der Waals surface area contributed by atoms with Gasteiger partial charge in [0.25, 0.3) is 11.8 Å². The zero-order chi connectivity index (χ0) is 21.3. The van der Waals surface area contributed by atoms with Crippen LogP contribution in [0.3, 0.4) is 0 Å². The van der Waals surface area contributed by atoms with E-state index < -0.39 is 0 Å². The number of ether oxygens (including phenoxy) is 3. The topological polar surface area (TPSA) is 89.5 Å². The predicted octanol–water partition coefficient (Wildman–Crippen LogP) is 2.01. The van der Waals surface area contributed by atoms with E-state index in [9.17, 15) is 9.59 Å². The third-order valence-electron chi connectivity index (χ3n) is 4.56. The molecule has 0 unspecified atom stereocenters. The molecule has 2 aromatic carbocycles. The van der Waals surface area contributed by atoms with Crippen molar-refractivity contribution in [2.75, 3.05) is 40.0 Å². The molecule has 158 valence electrons. The molecule has 3 rings (SSSR count). The van der Waals surface area contributed by atoms with Crippen LogP contribution in [0.1, 0.15) is 21.5 Å². The number of hydrazone groups is 1. The number of benzene rings is 2. The summed E-state index contributed by atoms with van der Waals surface area (Å²) in [4.78, 5) is 26.1. The summed E-state index contributed by atoms with van der Waals surface area (Å²) in [5.41, 5.74) is 4.75. The van der Waals surface area contributed by atoms with Gasteiger partial charge >= 0.3 is 0 Å². The Balaban J connectivity index is 1.57. The molecule has 1 aliphatic rings. The number of methoxy groups -OCH3 is 1. The smallest absolute Gasteiger partial charge is 0.271 e. The van der Waals surface area contributed by atoms with Gasteiger partial charge in [0.1, 0.15) is 0 Å². The Labute approximate surface area is 175 Å². The molecule has 0 bridgehead atoms. The minimum absolute atomic E-state index is 0.0731. The molecule has 2 aromatic rings. The van der Waals surface area contributed by atoms with Crippen LogP contribution in [0.15, 0.2) is 47.6 Å². The second kappa shape index (κ2) is 10.4. The first kappa shape index (κ1) is 21.3. The monoisotopic (exact) mass is 411 g/mol. The van der Waals surface area contributed by atoms with Crippen LogP contribution < -0.4 is 14.9 Å². The van der Waals surface area contributed by atoms with Crippen LogP contribution in [0.5, 0.6) is 11.5 Å². The molecule has 2 amide bonds. The molecular formula is C22H25N3O5. The lowest BCUT2D eigenvalue weighted by molar-refractivity contribution is -0.137. The normalized spacial score (nSPS) is 13.9. The highest BCUT2D eigenvalue weighted by atomic mass is 16.5. The molecule has 1 heterocycles. The number of aryl methyl sites for hydroxylation is 1. The number of carbonyl (C=O) groups excluding carboxylic acids is 2. The van der Waals surface area contributed by atoms with Crippen LogP contribution in [0.25, 0.3) is 0 Å². The number of nitrogens with zero attached hydrogens (tertiary/aromatic N) is 2. The van der Waals surface area contributed by atoms with Gasteiger partial charge in [-0.15, -0.1) is 0 Å². The van der Waals surface area contributed by atoms with Crippen molar-refractivity contribution in [3.63, 3.8) is 0 Å². The summed E-state index contributed by atoms with van der Waals surface area (Å²) in [6, 6.07) is 12.4. The summed E-state index contributed by atoms with van der Waals surface area (Å²) in [5.74, 6) is 0.548. The maximum atomic E-state index is 12.2. The van der Waals surface area contributed by atoms with Crippen LogP contribution in [-0.4, -0.2) is 62.9 Å². The fourth-order valence-electron chi connectivity index (χ4n) is 2.94. The van der Waals surface area contributed by atoms with Crippen molar-refractivity contribution in [1.29, 1.82) is 0 Å². The van der Waals surface area contributed by atoms with Crippen molar-refractivity contribution < 1.29 is 23.8 Å². The molecule has 0 radical (unpaired) electrons. The molecule has 8 heteroatoms. The molecule has 0 saturated carbocycles. The van der Waals surface area contributed by atoms with E-state index in [-0.39, 0.29) is 18.4 Å². The van der Waals surface area contributed by atoms with Gasteiger partial charge in [-0.05, 0) is 42.8 Å². The van der Waals surface area contributed by atoms with E-state index in [1.807, 2.05) is 19.1 Å².